The minimum atomic E-state index is -0.946. The molecule has 0 amide bonds. The zero-order valence-electron chi connectivity index (χ0n) is 6.38. The van der Waals surface area contributed by atoms with Gasteiger partial charge in [0.25, 0.3) is 0 Å². The fourth-order valence-electron chi connectivity index (χ4n) is 1.15. The molecule has 1 heterocycles. The maximum Gasteiger partial charge on any atom is 0.332 e. The maximum absolute atomic E-state index is 10.4. The van der Waals surface area contributed by atoms with Crippen molar-refractivity contribution in [1.29, 1.82) is 0 Å². The largest absolute Gasteiger partial charge is 0.479 e. The van der Waals surface area contributed by atoms with Gasteiger partial charge < -0.3 is 9.84 Å². The summed E-state index contributed by atoms with van der Waals surface area (Å²) in [5, 5.41) is 11.8. The number of nitrogens with zero attached hydrogens (tertiary/aromatic N) is 3. The number of carboxylic acid groups (broad SMARTS) is 1. The van der Waals surface area contributed by atoms with Gasteiger partial charge in [0, 0.05) is 4.91 Å². The molecular formula is C6H9N3O3. The van der Waals surface area contributed by atoms with Gasteiger partial charge in [-0.15, -0.1) is 0 Å². The van der Waals surface area contributed by atoms with Crippen molar-refractivity contribution in [3.05, 3.63) is 10.4 Å². The standard InChI is InChI=1S/C6H9N3O3/c7-9-8-3-4-1-2-5(12-4)6(10)11/h4-5H,1-3H2,(H,10,11). The first-order valence-corrected chi connectivity index (χ1v) is 3.63. The fourth-order valence-corrected chi connectivity index (χ4v) is 1.15. The van der Waals surface area contributed by atoms with Crippen LogP contribution < -0.4 is 0 Å². The molecule has 0 bridgehead atoms. The molecule has 0 radical (unpaired) electrons. The number of azide groups is 1. The van der Waals surface area contributed by atoms with E-state index in [2.05, 4.69) is 10.0 Å². The molecule has 0 saturated carbocycles. The van der Waals surface area contributed by atoms with Crippen LogP contribution in [0.4, 0.5) is 0 Å². The third kappa shape index (κ3) is 2.11. The predicted molar refractivity (Wildman–Crippen MR) is 39.5 cm³/mol. The lowest BCUT2D eigenvalue weighted by molar-refractivity contribution is -0.149. The van der Waals surface area contributed by atoms with Gasteiger partial charge in [-0.05, 0) is 18.4 Å². The van der Waals surface area contributed by atoms with E-state index < -0.39 is 12.1 Å². The number of rotatable bonds is 3. The summed E-state index contributed by atoms with van der Waals surface area (Å²) in [6.45, 7) is 0.222. The average Bonchev–Trinajstić information content (AvgIpc) is 2.48. The SMILES string of the molecule is [N-]=[N+]=NCC1CCC(C(=O)O)O1. The van der Waals surface area contributed by atoms with E-state index in [0.29, 0.717) is 12.8 Å². The van der Waals surface area contributed by atoms with Crippen LogP contribution in [0.1, 0.15) is 12.8 Å². The van der Waals surface area contributed by atoms with Crippen LogP contribution in [0.2, 0.25) is 0 Å². The highest BCUT2D eigenvalue weighted by molar-refractivity contribution is 5.72. The summed E-state index contributed by atoms with van der Waals surface area (Å²) >= 11 is 0. The Morgan fingerprint density at radius 1 is 1.75 bits per heavy atom. The molecule has 1 N–H and O–H groups in total. The summed E-state index contributed by atoms with van der Waals surface area (Å²) in [6, 6.07) is 0. The summed E-state index contributed by atoms with van der Waals surface area (Å²) in [4.78, 5) is 13.0. The van der Waals surface area contributed by atoms with Crippen LogP contribution in [-0.2, 0) is 9.53 Å². The Hall–Kier alpha value is -1.26. The first-order chi connectivity index (χ1) is 5.74. The van der Waals surface area contributed by atoms with Crippen LogP contribution in [-0.4, -0.2) is 29.8 Å². The summed E-state index contributed by atoms with van der Waals surface area (Å²) < 4.78 is 5.06. The van der Waals surface area contributed by atoms with Gasteiger partial charge in [-0.2, -0.15) is 0 Å². The van der Waals surface area contributed by atoms with E-state index in [1.807, 2.05) is 0 Å². The number of aliphatic carboxylic acids is 1. The quantitative estimate of drug-likeness (QED) is 0.388. The van der Waals surface area contributed by atoms with E-state index in [-0.39, 0.29) is 12.6 Å². The van der Waals surface area contributed by atoms with Gasteiger partial charge >= 0.3 is 5.97 Å². The smallest absolute Gasteiger partial charge is 0.332 e. The predicted octanol–water partition coefficient (Wildman–Crippen LogP) is 0.929. The second-order valence-electron chi connectivity index (χ2n) is 2.58. The Balaban J connectivity index is 2.35. The Morgan fingerprint density at radius 2 is 2.50 bits per heavy atom. The lowest BCUT2D eigenvalue weighted by atomic mass is 10.2. The van der Waals surface area contributed by atoms with Gasteiger partial charge in [0.05, 0.1) is 12.6 Å². The minimum absolute atomic E-state index is 0.220. The zero-order valence-corrected chi connectivity index (χ0v) is 6.38. The highest BCUT2D eigenvalue weighted by Crippen LogP contribution is 2.19. The molecular weight excluding hydrogens is 162 g/mol. The van der Waals surface area contributed by atoms with Gasteiger partial charge in [0.15, 0.2) is 6.10 Å². The first-order valence-electron chi connectivity index (χ1n) is 3.63. The fraction of sp³-hybridized carbons (Fsp3) is 0.833. The maximum atomic E-state index is 10.4. The van der Waals surface area contributed by atoms with Crippen molar-refractivity contribution in [2.24, 2.45) is 5.11 Å². The Labute approximate surface area is 68.8 Å². The third-order valence-corrected chi connectivity index (χ3v) is 1.73. The molecule has 0 aromatic rings. The van der Waals surface area contributed by atoms with Crippen molar-refractivity contribution in [1.82, 2.24) is 0 Å². The van der Waals surface area contributed by atoms with E-state index >= 15 is 0 Å². The van der Waals surface area contributed by atoms with Crippen molar-refractivity contribution < 1.29 is 14.6 Å². The van der Waals surface area contributed by atoms with E-state index in [1.54, 1.807) is 0 Å². The Bertz CT molecular complexity index is 224. The van der Waals surface area contributed by atoms with E-state index in [1.165, 1.54) is 0 Å². The van der Waals surface area contributed by atoms with Gasteiger partial charge in [-0.25, -0.2) is 4.79 Å². The van der Waals surface area contributed by atoms with E-state index in [4.69, 9.17) is 15.4 Å². The van der Waals surface area contributed by atoms with Crippen LogP contribution in [0, 0.1) is 0 Å². The second kappa shape index (κ2) is 3.94. The number of hydrogen-bond donors (Lipinski definition) is 1. The molecule has 0 aromatic carbocycles. The molecule has 1 aliphatic heterocycles. The molecule has 1 saturated heterocycles. The summed E-state index contributed by atoms with van der Waals surface area (Å²) in [5.41, 5.74) is 7.99. The molecule has 6 nitrogen and oxygen atoms in total. The lowest BCUT2D eigenvalue weighted by Crippen LogP contribution is -2.21. The van der Waals surface area contributed by atoms with Crippen molar-refractivity contribution in [3.63, 3.8) is 0 Å². The number of hydrogen-bond acceptors (Lipinski definition) is 3. The minimum Gasteiger partial charge on any atom is -0.479 e. The molecule has 6 heteroatoms. The van der Waals surface area contributed by atoms with Crippen molar-refractivity contribution in [3.8, 4) is 0 Å². The van der Waals surface area contributed by atoms with Crippen molar-refractivity contribution in [2.45, 2.75) is 25.0 Å². The molecule has 2 unspecified atom stereocenters. The Morgan fingerprint density at radius 3 is 3.00 bits per heavy atom. The van der Waals surface area contributed by atoms with Crippen molar-refractivity contribution in [2.75, 3.05) is 6.54 Å². The second-order valence-corrected chi connectivity index (χ2v) is 2.58. The van der Waals surface area contributed by atoms with Crippen LogP contribution in [0.5, 0.6) is 0 Å². The molecule has 1 aliphatic rings. The first kappa shape index (κ1) is 8.83. The van der Waals surface area contributed by atoms with Crippen LogP contribution >= 0.6 is 0 Å². The molecule has 0 aromatic heterocycles. The van der Waals surface area contributed by atoms with Gasteiger partial charge in [-0.3, -0.25) is 0 Å². The zero-order chi connectivity index (χ0) is 8.97. The summed E-state index contributed by atoms with van der Waals surface area (Å²) in [5.74, 6) is -0.946. The molecule has 0 aliphatic carbocycles. The number of carboxylic acids is 1. The highest BCUT2D eigenvalue weighted by Gasteiger charge is 2.29. The third-order valence-electron chi connectivity index (χ3n) is 1.73. The molecule has 2 atom stereocenters. The van der Waals surface area contributed by atoms with E-state index in [9.17, 15) is 4.79 Å². The van der Waals surface area contributed by atoms with Crippen molar-refractivity contribution >= 4 is 5.97 Å². The van der Waals surface area contributed by atoms with Gasteiger partial charge in [0.2, 0.25) is 0 Å². The average molecular weight is 171 g/mol. The molecule has 1 fully saturated rings. The Kier molecular flexibility index (Phi) is 2.90. The molecule has 66 valence electrons. The summed E-state index contributed by atoms with van der Waals surface area (Å²) in [7, 11) is 0. The lowest BCUT2D eigenvalue weighted by Gasteiger charge is -2.06. The van der Waals surface area contributed by atoms with Gasteiger partial charge in [-0.1, -0.05) is 5.11 Å². The highest BCUT2D eigenvalue weighted by atomic mass is 16.5. The van der Waals surface area contributed by atoms with Crippen LogP contribution in [0.25, 0.3) is 10.4 Å². The van der Waals surface area contributed by atoms with E-state index in [0.717, 1.165) is 0 Å². The van der Waals surface area contributed by atoms with Crippen LogP contribution in [0.3, 0.4) is 0 Å². The van der Waals surface area contributed by atoms with Crippen LogP contribution in [0.15, 0.2) is 5.11 Å². The monoisotopic (exact) mass is 171 g/mol. The molecule has 12 heavy (non-hydrogen) atoms. The number of ether oxygens (including phenoxy) is 1. The molecule has 1 rings (SSSR count). The number of carbonyl (C=O) groups is 1. The van der Waals surface area contributed by atoms with Gasteiger partial charge in [0.1, 0.15) is 0 Å². The topological polar surface area (TPSA) is 95.3 Å². The normalized spacial score (nSPS) is 28.0. The summed E-state index contributed by atoms with van der Waals surface area (Å²) in [6.07, 6.45) is 0.211. The molecule has 0 spiro atoms.